The van der Waals surface area contributed by atoms with Crippen LogP contribution in [0.1, 0.15) is 30.9 Å². The maximum absolute atomic E-state index is 13.5. The molecule has 1 atom stereocenters. The highest BCUT2D eigenvalue weighted by Crippen LogP contribution is 2.35. The first-order valence-corrected chi connectivity index (χ1v) is 10.8. The van der Waals surface area contributed by atoms with Crippen LogP contribution >= 0.6 is 11.6 Å². The first kappa shape index (κ1) is 22.2. The summed E-state index contributed by atoms with van der Waals surface area (Å²) in [5, 5.41) is 13.5. The van der Waals surface area contributed by atoms with Crippen LogP contribution < -0.4 is 15.1 Å². The summed E-state index contributed by atoms with van der Waals surface area (Å²) in [6.07, 6.45) is 1.02. The minimum atomic E-state index is -2.21. The van der Waals surface area contributed by atoms with Crippen molar-refractivity contribution >= 4 is 40.7 Å². The van der Waals surface area contributed by atoms with E-state index in [4.69, 9.17) is 11.6 Å². The molecule has 2 heterocycles. The summed E-state index contributed by atoms with van der Waals surface area (Å²) in [6, 6.07) is 9.20. The zero-order valence-corrected chi connectivity index (χ0v) is 18.3. The zero-order chi connectivity index (χ0) is 23.0. The van der Waals surface area contributed by atoms with E-state index in [2.05, 4.69) is 5.32 Å². The second-order valence-corrected chi connectivity index (χ2v) is 8.43. The molecule has 0 radical (unpaired) electrons. The van der Waals surface area contributed by atoms with E-state index in [9.17, 15) is 23.9 Å². The largest absolute Gasteiger partial charge is 0.372 e. The number of carbonyl (C=O) groups excluding carboxylic acids is 3. The predicted molar refractivity (Wildman–Crippen MR) is 118 cm³/mol. The highest BCUT2D eigenvalue weighted by Gasteiger charge is 2.51. The van der Waals surface area contributed by atoms with Crippen LogP contribution in [0.2, 0.25) is 5.02 Å². The highest BCUT2D eigenvalue weighted by molar-refractivity contribution is 6.30. The van der Waals surface area contributed by atoms with Gasteiger partial charge in [-0.05, 0) is 53.9 Å². The number of hydrogen-bond donors (Lipinski definition) is 2. The number of aliphatic hydroxyl groups is 1. The minimum absolute atomic E-state index is 0.0411. The van der Waals surface area contributed by atoms with E-state index >= 15 is 0 Å². The van der Waals surface area contributed by atoms with E-state index in [1.807, 2.05) is 13.0 Å². The lowest BCUT2D eigenvalue weighted by Gasteiger charge is -2.22. The number of fused-ring (bicyclic) bond motifs is 1. The van der Waals surface area contributed by atoms with Gasteiger partial charge in [0.15, 0.2) is 0 Å². The van der Waals surface area contributed by atoms with E-state index in [1.165, 1.54) is 17.0 Å². The van der Waals surface area contributed by atoms with Crippen LogP contribution in [0.3, 0.4) is 0 Å². The average molecular weight is 460 g/mol. The molecule has 2 aromatic rings. The standard InChI is InChI=1S/C23H23ClFN3O4/c1-2-20(29)28-7-5-15-11-18(3-4-19(15)28)27-8-6-23(32,22(27)31)21(30)26-13-14-9-16(24)12-17(25)10-14/h3-4,9-12,32H,2,5-8,13H2,1H3,(H,26,30)/t23-/m1/s1. The number of nitrogens with one attached hydrogen (secondary N) is 1. The number of anilines is 2. The lowest BCUT2D eigenvalue weighted by Crippen LogP contribution is -2.52. The van der Waals surface area contributed by atoms with Gasteiger partial charge in [-0.3, -0.25) is 14.4 Å². The maximum Gasteiger partial charge on any atom is 0.268 e. The van der Waals surface area contributed by atoms with Gasteiger partial charge in [0.2, 0.25) is 11.5 Å². The molecule has 1 saturated heterocycles. The molecule has 2 aromatic carbocycles. The summed E-state index contributed by atoms with van der Waals surface area (Å²) >= 11 is 5.82. The van der Waals surface area contributed by atoms with Crippen LogP contribution in [0.4, 0.5) is 15.8 Å². The van der Waals surface area contributed by atoms with E-state index in [1.54, 1.807) is 17.0 Å². The number of hydrogen-bond acceptors (Lipinski definition) is 4. The number of benzene rings is 2. The van der Waals surface area contributed by atoms with Gasteiger partial charge < -0.3 is 20.2 Å². The van der Waals surface area contributed by atoms with Crippen molar-refractivity contribution in [3.05, 3.63) is 58.4 Å². The van der Waals surface area contributed by atoms with Gasteiger partial charge in [0.25, 0.3) is 11.8 Å². The van der Waals surface area contributed by atoms with Crippen molar-refractivity contribution in [1.82, 2.24) is 5.32 Å². The average Bonchev–Trinajstić information content (AvgIpc) is 3.32. The normalized spacial score (nSPS) is 19.9. The van der Waals surface area contributed by atoms with Gasteiger partial charge in [0, 0.05) is 48.9 Å². The molecule has 4 rings (SSSR count). The van der Waals surface area contributed by atoms with Crippen LogP contribution in [-0.2, 0) is 27.3 Å². The molecule has 7 nitrogen and oxygen atoms in total. The maximum atomic E-state index is 13.5. The van der Waals surface area contributed by atoms with Crippen molar-refractivity contribution in [3.63, 3.8) is 0 Å². The van der Waals surface area contributed by atoms with Crippen molar-refractivity contribution in [2.45, 2.75) is 38.3 Å². The summed E-state index contributed by atoms with van der Waals surface area (Å²) in [6.45, 7) is 2.50. The van der Waals surface area contributed by atoms with Gasteiger partial charge in [0.05, 0.1) is 0 Å². The molecule has 1 fully saturated rings. The van der Waals surface area contributed by atoms with E-state index in [0.29, 0.717) is 30.6 Å². The lowest BCUT2D eigenvalue weighted by molar-refractivity contribution is -0.149. The van der Waals surface area contributed by atoms with Crippen LogP contribution in [0.5, 0.6) is 0 Å². The zero-order valence-electron chi connectivity index (χ0n) is 17.5. The quantitative estimate of drug-likeness (QED) is 0.672. The second kappa shape index (κ2) is 8.52. The molecular formula is C23H23ClFN3O4. The molecule has 0 bridgehead atoms. The lowest BCUT2D eigenvalue weighted by atomic mass is 10.0. The minimum Gasteiger partial charge on any atom is -0.372 e. The Labute approximate surface area is 189 Å². The molecule has 168 valence electrons. The summed E-state index contributed by atoms with van der Waals surface area (Å²) in [5.41, 5.74) is 0.550. The molecule has 9 heteroatoms. The van der Waals surface area contributed by atoms with E-state index in [0.717, 1.165) is 17.3 Å². The Bertz CT molecular complexity index is 1090. The molecule has 2 aliphatic heterocycles. The van der Waals surface area contributed by atoms with Crippen molar-refractivity contribution in [3.8, 4) is 0 Å². The fourth-order valence-electron chi connectivity index (χ4n) is 4.21. The van der Waals surface area contributed by atoms with Crippen LogP contribution in [0.15, 0.2) is 36.4 Å². The van der Waals surface area contributed by atoms with Crippen molar-refractivity contribution in [1.29, 1.82) is 0 Å². The van der Waals surface area contributed by atoms with Crippen molar-refractivity contribution in [2.24, 2.45) is 0 Å². The number of nitrogens with zero attached hydrogens (tertiary/aromatic N) is 2. The Kier molecular flexibility index (Phi) is 5.92. The molecule has 32 heavy (non-hydrogen) atoms. The first-order valence-electron chi connectivity index (χ1n) is 10.4. The summed E-state index contributed by atoms with van der Waals surface area (Å²) in [5.74, 6) is -2.06. The Balaban J connectivity index is 1.47. The van der Waals surface area contributed by atoms with Gasteiger partial charge in [-0.1, -0.05) is 18.5 Å². The fourth-order valence-corrected chi connectivity index (χ4v) is 4.45. The molecule has 3 amide bonds. The third-order valence-electron chi connectivity index (χ3n) is 5.92. The number of carbonyl (C=O) groups is 3. The summed E-state index contributed by atoms with van der Waals surface area (Å²) in [7, 11) is 0. The van der Waals surface area contributed by atoms with Gasteiger partial charge in [-0.25, -0.2) is 4.39 Å². The van der Waals surface area contributed by atoms with Gasteiger partial charge in [-0.2, -0.15) is 0 Å². The molecule has 0 aromatic heterocycles. The Morgan fingerprint density at radius 1 is 1.22 bits per heavy atom. The second-order valence-electron chi connectivity index (χ2n) is 7.99. The van der Waals surface area contributed by atoms with Crippen LogP contribution in [-0.4, -0.2) is 41.5 Å². The highest BCUT2D eigenvalue weighted by atomic mass is 35.5. The summed E-state index contributed by atoms with van der Waals surface area (Å²) in [4.78, 5) is 40.8. The predicted octanol–water partition coefficient (Wildman–Crippen LogP) is 2.56. The molecule has 0 unspecified atom stereocenters. The van der Waals surface area contributed by atoms with Crippen molar-refractivity contribution in [2.75, 3.05) is 22.9 Å². The Morgan fingerprint density at radius 2 is 2.00 bits per heavy atom. The monoisotopic (exact) mass is 459 g/mol. The third-order valence-corrected chi connectivity index (χ3v) is 6.14. The first-order chi connectivity index (χ1) is 15.2. The van der Waals surface area contributed by atoms with Crippen molar-refractivity contribution < 1.29 is 23.9 Å². The smallest absolute Gasteiger partial charge is 0.268 e. The van der Waals surface area contributed by atoms with Gasteiger partial charge in [-0.15, -0.1) is 0 Å². The SMILES string of the molecule is CCC(=O)N1CCc2cc(N3CC[C@@](O)(C(=O)NCc4cc(F)cc(Cl)c4)C3=O)ccc21. The fraction of sp³-hybridized carbons (Fsp3) is 0.348. The third kappa shape index (κ3) is 3.96. The van der Waals surface area contributed by atoms with Crippen LogP contribution in [0.25, 0.3) is 0 Å². The number of amides is 3. The van der Waals surface area contributed by atoms with Gasteiger partial charge >= 0.3 is 0 Å². The molecule has 0 aliphatic carbocycles. The van der Waals surface area contributed by atoms with E-state index < -0.39 is 23.2 Å². The van der Waals surface area contributed by atoms with Gasteiger partial charge in [0.1, 0.15) is 5.82 Å². The topological polar surface area (TPSA) is 89.9 Å². The Morgan fingerprint density at radius 3 is 2.72 bits per heavy atom. The molecule has 2 aliphatic rings. The summed E-state index contributed by atoms with van der Waals surface area (Å²) < 4.78 is 13.5. The van der Waals surface area contributed by atoms with Crippen LogP contribution in [0, 0.1) is 5.82 Å². The number of rotatable bonds is 5. The number of halogens is 2. The molecular weight excluding hydrogens is 437 g/mol. The van der Waals surface area contributed by atoms with E-state index in [-0.39, 0.29) is 30.4 Å². The Hall–Kier alpha value is -2.97. The molecule has 2 N–H and O–H groups in total. The molecule has 0 saturated carbocycles. The molecule has 0 spiro atoms.